The van der Waals surface area contributed by atoms with Gasteiger partial charge in [-0.3, -0.25) is 14.9 Å². The first-order valence-electron chi connectivity index (χ1n) is 10.0. The first-order chi connectivity index (χ1) is 14.2. The predicted octanol–water partition coefficient (Wildman–Crippen LogP) is 2.88. The highest BCUT2D eigenvalue weighted by Gasteiger charge is 2.59. The van der Waals surface area contributed by atoms with Crippen molar-refractivity contribution >= 4 is 28.3 Å². The number of nitrogens with one attached hydrogen (secondary N) is 1. The van der Waals surface area contributed by atoms with Crippen molar-refractivity contribution in [1.29, 1.82) is 0 Å². The largest absolute Gasteiger partial charge is 0.481 e. The number of aliphatic carboxylic acids is 1. The number of fused-ring (bicyclic) bond motifs is 2. The molecule has 1 amide bonds. The fourth-order valence-corrected chi connectivity index (χ4v) is 6.50. The molecule has 2 aliphatic carbocycles. The Morgan fingerprint density at radius 3 is 2.80 bits per heavy atom. The van der Waals surface area contributed by atoms with Crippen LogP contribution in [0.15, 0.2) is 22.8 Å². The van der Waals surface area contributed by atoms with Gasteiger partial charge in [0, 0.05) is 16.2 Å². The highest BCUT2D eigenvalue weighted by atomic mass is 32.1. The molecule has 1 fully saturated rings. The summed E-state index contributed by atoms with van der Waals surface area (Å²) < 4.78 is 5.12. The normalized spacial score (nSPS) is 32.9. The molecule has 2 aliphatic rings. The van der Waals surface area contributed by atoms with Crippen molar-refractivity contribution in [3.8, 4) is 0 Å². The number of aliphatic hydroxyl groups is 2. The van der Waals surface area contributed by atoms with Gasteiger partial charge in [0.25, 0.3) is 5.91 Å². The van der Waals surface area contributed by atoms with E-state index in [0.717, 1.165) is 4.88 Å². The molecule has 0 bridgehead atoms. The van der Waals surface area contributed by atoms with Crippen LogP contribution in [0, 0.1) is 16.7 Å². The molecule has 0 radical (unpaired) electrons. The summed E-state index contributed by atoms with van der Waals surface area (Å²) in [7, 11) is 0. The van der Waals surface area contributed by atoms with Crippen LogP contribution in [0.25, 0.3) is 0 Å². The van der Waals surface area contributed by atoms with Crippen molar-refractivity contribution in [3.63, 3.8) is 0 Å². The van der Waals surface area contributed by atoms with E-state index < -0.39 is 28.8 Å². The molecular formula is C21H26N2O6S. The van der Waals surface area contributed by atoms with E-state index >= 15 is 0 Å². The lowest BCUT2D eigenvalue weighted by molar-refractivity contribution is -0.150. The van der Waals surface area contributed by atoms with Crippen molar-refractivity contribution < 1.29 is 29.3 Å². The van der Waals surface area contributed by atoms with Crippen LogP contribution in [0.1, 0.15) is 60.2 Å². The second kappa shape index (κ2) is 7.47. The van der Waals surface area contributed by atoms with Crippen molar-refractivity contribution in [1.82, 2.24) is 4.98 Å². The maximum Gasteiger partial charge on any atom is 0.304 e. The second-order valence-electron chi connectivity index (χ2n) is 8.89. The minimum Gasteiger partial charge on any atom is -0.481 e. The molecule has 1 saturated carbocycles. The number of rotatable bonds is 5. The van der Waals surface area contributed by atoms with Gasteiger partial charge >= 0.3 is 5.97 Å². The van der Waals surface area contributed by atoms with Crippen LogP contribution in [-0.4, -0.2) is 44.9 Å². The Labute approximate surface area is 177 Å². The number of thiazole rings is 1. The highest BCUT2D eigenvalue weighted by Crippen LogP contribution is 2.62. The number of hydrogen-bond donors (Lipinski definition) is 4. The molecule has 8 nitrogen and oxygen atoms in total. The molecule has 0 aromatic carbocycles. The number of nitrogens with zero attached hydrogens (tertiary/aromatic N) is 1. The summed E-state index contributed by atoms with van der Waals surface area (Å²) in [4.78, 5) is 29.6. The molecule has 0 unspecified atom stereocenters. The molecule has 0 aliphatic heterocycles. The van der Waals surface area contributed by atoms with Gasteiger partial charge in [-0.15, -0.1) is 11.3 Å². The zero-order valence-electron chi connectivity index (χ0n) is 16.9. The highest BCUT2D eigenvalue weighted by molar-refractivity contribution is 7.15. The lowest BCUT2D eigenvalue weighted by Crippen LogP contribution is -2.57. The quantitative estimate of drug-likeness (QED) is 0.569. The standard InChI is InChI=1S/C21H26N2O6S/c1-20-6-5-15(25)21(2,10-24)14(20)9-13-17(11(20)8-16(26)27)22-19(30-13)23-18(28)12-4-3-7-29-12/h3-4,7,11,14-15,24-25H,5-6,8-10H2,1-2H3,(H,26,27)(H,22,23,28)/t11-,14+,15-,20+,21+/m1/s1. The van der Waals surface area contributed by atoms with E-state index in [1.807, 2.05) is 6.92 Å². The smallest absolute Gasteiger partial charge is 0.304 e. The number of aromatic nitrogens is 1. The summed E-state index contributed by atoms with van der Waals surface area (Å²) in [6, 6.07) is 3.18. The Morgan fingerprint density at radius 1 is 1.40 bits per heavy atom. The van der Waals surface area contributed by atoms with Crippen LogP contribution in [0.2, 0.25) is 0 Å². The van der Waals surface area contributed by atoms with Crippen molar-refractivity contribution in [3.05, 3.63) is 34.7 Å². The zero-order valence-corrected chi connectivity index (χ0v) is 17.7. The van der Waals surface area contributed by atoms with Crippen LogP contribution < -0.4 is 5.32 Å². The molecule has 4 rings (SSSR count). The summed E-state index contributed by atoms with van der Waals surface area (Å²) in [5.74, 6) is -1.64. The van der Waals surface area contributed by atoms with Gasteiger partial charge < -0.3 is 19.7 Å². The van der Waals surface area contributed by atoms with E-state index in [9.17, 15) is 24.9 Å². The molecule has 5 atom stereocenters. The van der Waals surface area contributed by atoms with E-state index in [2.05, 4.69) is 17.2 Å². The SMILES string of the molecule is C[C@]1(CO)[C@H]2Cc3sc(NC(=O)c4ccco4)nc3[C@@H](CC(=O)O)[C@]2(C)CC[C@H]1O. The number of hydrogen-bond acceptors (Lipinski definition) is 7. The molecule has 0 spiro atoms. The molecule has 0 saturated heterocycles. The van der Waals surface area contributed by atoms with Crippen molar-refractivity contribution in [2.45, 2.75) is 51.6 Å². The lowest BCUT2D eigenvalue weighted by atomic mass is 9.47. The number of carbonyl (C=O) groups excluding carboxylic acids is 1. The predicted molar refractivity (Wildman–Crippen MR) is 110 cm³/mol. The Balaban J connectivity index is 1.73. The fourth-order valence-electron chi connectivity index (χ4n) is 5.44. The van der Waals surface area contributed by atoms with Gasteiger partial charge in [0.05, 0.1) is 31.1 Å². The third-order valence-electron chi connectivity index (χ3n) is 7.24. The van der Waals surface area contributed by atoms with E-state index in [4.69, 9.17) is 4.42 Å². The summed E-state index contributed by atoms with van der Waals surface area (Å²) in [5.41, 5.74) is -0.464. The number of furan rings is 1. The summed E-state index contributed by atoms with van der Waals surface area (Å²) in [5, 5.41) is 33.6. The number of carbonyl (C=O) groups is 2. The van der Waals surface area contributed by atoms with Crippen LogP contribution in [0.3, 0.4) is 0 Å². The van der Waals surface area contributed by atoms with E-state index in [1.54, 1.807) is 12.1 Å². The number of anilines is 1. The van der Waals surface area contributed by atoms with Gasteiger partial charge in [-0.05, 0) is 42.7 Å². The first-order valence-corrected chi connectivity index (χ1v) is 10.9. The molecule has 2 aromatic rings. The number of amides is 1. The second-order valence-corrected chi connectivity index (χ2v) is 9.97. The summed E-state index contributed by atoms with van der Waals surface area (Å²) in [6.45, 7) is 3.75. The fraction of sp³-hybridized carbons (Fsp3) is 0.571. The monoisotopic (exact) mass is 434 g/mol. The van der Waals surface area contributed by atoms with Gasteiger partial charge in [0.2, 0.25) is 0 Å². The molecule has 4 N–H and O–H groups in total. The van der Waals surface area contributed by atoms with Gasteiger partial charge in [-0.2, -0.15) is 0 Å². The average molecular weight is 435 g/mol. The van der Waals surface area contributed by atoms with Crippen LogP contribution in [0.5, 0.6) is 0 Å². The molecule has 2 aromatic heterocycles. The molecule has 2 heterocycles. The molecule has 30 heavy (non-hydrogen) atoms. The maximum absolute atomic E-state index is 12.4. The van der Waals surface area contributed by atoms with Gasteiger partial charge in [-0.1, -0.05) is 13.8 Å². The Bertz CT molecular complexity index is 957. The van der Waals surface area contributed by atoms with Crippen LogP contribution in [0.4, 0.5) is 5.13 Å². The minimum absolute atomic E-state index is 0.0904. The van der Waals surface area contributed by atoms with Gasteiger partial charge in [0.15, 0.2) is 10.9 Å². The van der Waals surface area contributed by atoms with Crippen molar-refractivity contribution in [2.24, 2.45) is 16.7 Å². The maximum atomic E-state index is 12.4. The minimum atomic E-state index is -0.918. The third-order valence-corrected chi connectivity index (χ3v) is 8.25. The Morgan fingerprint density at radius 2 is 2.17 bits per heavy atom. The molecule has 9 heteroatoms. The summed E-state index contributed by atoms with van der Waals surface area (Å²) in [6.07, 6.45) is 2.40. The number of carboxylic acids is 1. The third kappa shape index (κ3) is 3.25. The number of carboxylic acid groups (broad SMARTS) is 1. The summed E-state index contributed by atoms with van der Waals surface area (Å²) >= 11 is 1.32. The lowest BCUT2D eigenvalue weighted by Gasteiger charge is -2.58. The van der Waals surface area contributed by atoms with E-state index in [0.29, 0.717) is 30.1 Å². The van der Waals surface area contributed by atoms with E-state index in [1.165, 1.54) is 17.6 Å². The zero-order chi connectivity index (χ0) is 21.7. The Hall–Kier alpha value is -2.23. The first kappa shape index (κ1) is 21.0. The number of aliphatic hydroxyl groups excluding tert-OH is 2. The molecular weight excluding hydrogens is 408 g/mol. The van der Waals surface area contributed by atoms with Crippen molar-refractivity contribution in [2.75, 3.05) is 11.9 Å². The van der Waals surface area contributed by atoms with Gasteiger partial charge in [-0.25, -0.2) is 4.98 Å². The van der Waals surface area contributed by atoms with Crippen LogP contribution >= 0.6 is 11.3 Å². The van der Waals surface area contributed by atoms with Crippen LogP contribution in [-0.2, 0) is 11.2 Å². The van der Waals surface area contributed by atoms with E-state index in [-0.39, 0.29) is 30.6 Å². The topological polar surface area (TPSA) is 133 Å². The Kier molecular flexibility index (Phi) is 5.24. The van der Waals surface area contributed by atoms with Gasteiger partial charge in [0.1, 0.15) is 0 Å². The molecule has 162 valence electrons. The average Bonchev–Trinajstić information content (AvgIpc) is 3.36.